The summed E-state index contributed by atoms with van der Waals surface area (Å²) in [5.41, 5.74) is 2.47. The summed E-state index contributed by atoms with van der Waals surface area (Å²) in [7, 11) is -2.22. The highest BCUT2D eigenvalue weighted by Gasteiger charge is 2.34. The van der Waals surface area contributed by atoms with E-state index in [1.165, 1.54) is 15.7 Å². The van der Waals surface area contributed by atoms with Gasteiger partial charge in [0.1, 0.15) is 5.75 Å². The Kier molecular flexibility index (Phi) is 6.79. The van der Waals surface area contributed by atoms with Crippen LogP contribution in [0.15, 0.2) is 42.5 Å². The van der Waals surface area contributed by atoms with E-state index < -0.39 is 16.1 Å². The van der Waals surface area contributed by atoms with Crippen molar-refractivity contribution >= 4 is 33.4 Å². The van der Waals surface area contributed by atoms with Gasteiger partial charge in [-0.2, -0.15) is 17.0 Å². The molecule has 0 atom stereocenters. The molecule has 1 amide bonds. The molecule has 0 unspecified atom stereocenters. The van der Waals surface area contributed by atoms with Gasteiger partial charge in [0.05, 0.1) is 18.7 Å². The molecule has 0 saturated carbocycles. The summed E-state index contributed by atoms with van der Waals surface area (Å²) < 4.78 is 33.7. The summed E-state index contributed by atoms with van der Waals surface area (Å²) >= 11 is 6.07. The summed E-state index contributed by atoms with van der Waals surface area (Å²) in [5, 5.41) is 3.05. The number of hydrogen-bond acceptors (Lipinski definition) is 4. The van der Waals surface area contributed by atoms with Crippen LogP contribution < -0.4 is 10.1 Å². The van der Waals surface area contributed by atoms with Crippen LogP contribution in [0, 0.1) is 6.92 Å². The van der Waals surface area contributed by atoms with Gasteiger partial charge in [-0.3, -0.25) is 4.79 Å². The molecule has 0 spiro atoms. The lowest BCUT2D eigenvalue weighted by Crippen LogP contribution is -2.51. The Morgan fingerprint density at radius 1 is 1.17 bits per heavy atom. The highest BCUT2D eigenvalue weighted by molar-refractivity contribution is 7.86. The van der Waals surface area contributed by atoms with E-state index in [2.05, 4.69) is 5.32 Å². The van der Waals surface area contributed by atoms with E-state index in [1.807, 2.05) is 31.2 Å². The fourth-order valence-electron chi connectivity index (χ4n) is 3.22. The molecule has 0 bridgehead atoms. The van der Waals surface area contributed by atoms with Crippen LogP contribution in [0.4, 0.5) is 5.69 Å². The molecule has 1 N–H and O–H groups in total. The van der Waals surface area contributed by atoms with Crippen LogP contribution in [0.5, 0.6) is 5.75 Å². The molecule has 1 aliphatic heterocycles. The zero-order valence-corrected chi connectivity index (χ0v) is 18.0. The maximum absolute atomic E-state index is 13.0. The van der Waals surface area contributed by atoms with Gasteiger partial charge in [-0.25, -0.2) is 0 Å². The molecule has 1 aliphatic rings. The largest absolute Gasteiger partial charge is 0.495 e. The number of aryl methyl sites for hydroxylation is 1. The van der Waals surface area contributed by atoms with Crippen LogP contribution in [0.2, 0.25) is 5.02 Å². The van der Waals surface area contributed by atoms with Crippen LogP contribution >= 0.6 is 11.6 Å². The third-order valence-electron chi connectivity index (χ3n) is 4.83. The molecule has 1 heterocycles. The average molecular weight is 438 g/mol. The van der Waals surface area contributed by atoms with E-state index in [9.17, 15) is 13.2 Å². The minimum Gasteiger partial charge on any atom is -0.495 e. The third kappa shape index (κ3) is 5.08. The van der Waals surface area contributed by atoms with Gasteiger partial charge >= 0.3 is 0 Å². The molecule has 29 heavy (non-hydrogen) atoms. The number of hydrogen-bond donors (Lipinski definition) is 1. The van der Waals surface area contributed by atoms with Crippen molar-refractivity contribution in [1.29, 1.82) is 0 Å². The highest BCUT2D eigenvalue weighted by Crippen LogP contribution is 2.27. The van der Waals surface area contributed by atoms with E-state index >= 15 is 0 Å². The Morgan fingerprint density at radius 3 is 2.59 bits per heavy atom. The molecule has 0 aliphatic carbocycles. The zero-order chi connectivity index (χ0) is 21.0. The Bertz CT molecular complexity index is 997. The molecule has 1 fully saturated rings. The molecule has 0 radical (unpaired) electrons. The Balaban J connectivity index is 1.67. The molecule has 7 nitrogen and oxygen atoms in total. The summed E-state index contributed by atoms with van der Waals surface area (Å²) in [4.78, 5) is 12.4. The molecule has 2 aromatic rings. The van der Waals surface area contributed by atoms with Crippen LogP contribution in [-0.2, 0) is 21.5 Å². The van der Waals surface area contributed by atoms with Gasteiger partial charge in [-0.05, 0) is 42.7 Å². The van der Waals surface area contributed by atoms with Crippen molar-refractivity contribution < 1.29 is 17.9 Å². The number of carbonyl (C=O) groups excluding carboxylic acids is 1. The van der Waals surface area contributed by atoms with Crippen LogP contribution in [0.1, 0.15) is 17.5 Å². The summed E-state index contributed by atoms with van der Waals surface area (Å²) in [5.74, 6) is 0.0719. The van der Waals surface area contributed by atoms with Crippen LogP contribution in [0.3, 0.4) is 0 Å². The van der Waals surface area contributed by atoms with E-state index in [0.29, 0.717) is 42.5 Å². The number of amides is 1. The Morgan fingerprint density at radius 2 is 1.90 bits per heavy atom. The van der Waals surface area contributed by atoms with Crippen molar-refractivity contribution in [1.82, 2.24) is 8.61 Å². The highest BCUT2D eigenvalue weighted by atomic mass is 35.5. The fraction of sp³-hybridized carbons (Fsp3) is 0.350. The number of nitrogens with zero attached hydrogens (tertiary/aromatic N) is 2. The van der Waals surface area contributed by atoms with Gasteiger partial charge in [-0.15, -0.1) is 0 Å². The Labute approximate surface area is 176 Å². The first-order valence-corrected chi connectivity index (χ1v) is 11.0. The number of halogens is 1. The van der Waals surface area contributed by atoms with E-state index in [0.717, 1.165) is 11.1 Å². The number of ether oxygens (including phenoxy) is 1. The first-order chi connectivity index (χ1) is 13.8. The van der Waals surface area contributed by atoms with E-state index in [1.54, 1.807) is 18.2 Å². The first kappa shape index (κ1) is 21.6. The van der Waals surface area contributed by atoms with E-state index in [-0.39, 0.29) is 6.54 Å². The molecular weight excluding hydrogens is 414 g/mol. The molecule has 3 rings (SSSR count). The van der Waals surface area contributed by atoms with Crippen molar-refractivity contribution in [2.45, 2.75) is 19.9 Å². The first-order valence-electron chi connectivity index (χ1n) is 9.24. The second-order valence-corrected chi connectivity index (χ2v) is 9.19. The molecule has 2 aromatic carbocycles. The second-order valence-electron chi connectivity index (χ2n) is 6.85. The predicted molar refractivity (Wildman–Crippen MR) is 113 cm³/mol. The van der Waals surface area contributed by atoms with Gasteiger partial charge in [0.2, 0.25) is 5.91 Å². The number of rotatable bonds is 6. The molecular formula is C20H24ClN3O4S. The topological polar surface area (TPSA) is 79.0 Å². The van der Waals surface area contributed by atoms with Crippen molar-refractivity contribution in [2.75, 3.05) is 32.1 Å². The third-order valence-corrected chi connectivity index (χ3v) is 7.05. The standard InChI is InChI=1S/C20H24ClN3O4S/c1-15-6-3-4-7-16(15)13-23-10-5-11-24(29(23,26)27)14-20(25)22-17-8-9-19(28-2)18(21)12-17/h3-4,6-9,12H,5,10-11,13-14H2,1-2H3,(H,22,25). The number of anilines is 1. The second kappa shape index (κ2) is 9.13. The van der Waals surface area contributed by atoms with E-state index in [4.69, 9.17) is 16.3 Å². The van der Waals surface area contributed by atoms with Crippen LogP contribution in [0.25, 0.3) is 0 Å². The lowest BCUT2D eigenvalue weighted by atomic mass is 10.1. The SMILES string of the molecule is COc1ccc(NC(=O)CN2CCCN(Cc3ccccc3C)S2(=O)=O)cc1Cl. The smallest absolute Gasteiger partial charge is 0.282 e. The van der Waals surface area contributed by atoms with Gasteiger partial charge in [0, 0.05) is 25.3 Å². The number of nitrogens with one attached hydrogen (secondary N) is 1. The quantitative estimate of drug-likeness (QED) is 0.753. The number of methoxy groups -OCH3 is 1. The van der Waals surface area contributed by atoms with Crippen molar-refractivity contribution in [3.05, 3.63) is 58.6 Å². The van der Waals surface area contributed by atoms with Gasteiger partial charge in [0.15, 0.2) is 0 Å². The molecule has 0 aromatic heterocycles. The normalized spacial score (nSPS) is 17.1. The maximum atomic E-state index is 13.0. The van der Waals surface area contributed by atoms with Crippen molar-refractivity contribution in [3.63, 3.8) is 0 Å². The van der Waals surface area contributed by atoms with Crippen LogP contribution in [-0.4, -0.2) is 49.7 Å². The minimum absolute atomic E-state index is 0.254. The summed E-state index contributed by atoms with van der Waals surface area (Å²) in [6.07, 6.45) is 0.659. The predicted octanol–water partition coefficient (Wildman–Crippen LogP) is 3.05. The molecule has 156 valence electrons. The Hall–Kier alpha value is -2.13. The number of carbonyl (C=O) groups is 1. The molecule has 9 heteroatoms. The molecule has 1 saturated heterocycles. The zero-order valence-electron chi connectivity index (χ0n) is 16.4. The monoisotopic (exact) mass is 437 g/mol. The number of benzene rings is 2. The van der Waals surface area contributed by atoms with Gasteiger partial charge < -0.3 is 10.1 Å². The van der Waals surface area contributed by atoms with Gasteiger partial charge in [-0.1, -0.05) is 35.9 Å². The maximum Gasteiger partial charge on any atom is 0.282 e. The van der Waals surface area contributed by atoms with Gasteiger partial charge in [0.25, 0.3) is 10.2 Å². The summed E-state index contributed by atoms with van der Waals surface area (Å²) in [6.45, 7) is 2.74. The summed E-state index contributed by atoms with van der Waals surface area (Å²) in [6, 6.07) is 12.5. The van der Waals surface area contributed by atoms with Crippen molar-refractivity contribution in [2.24, 2.45) is 0 Å². The fourth-order valence-corrected chi connectivity index (χ4v) is 5.11. The lowest BCUT2D eigenvalue weighted by Gasteiger charge is -2.34. The van der Waals surface area contributed by atoms with Crippen molar-refractivity contribution in [3.8, 4) is 5.75 Å². The average Bonchev–Trinajstić information content (AvgIpc) is 2.67. The lowest BCUT2D eigenvalue weighted by molar-refractivity contribution is -0.116. The minimum atomic E-state index is -3.73.